The average Bonchev–Trinajstić information content (AvgIpc) is 3.46. The summed E-state index contributed by atoms with van der Waals surface area (Å²) in [6, 6.07) is 41.5. The normalized spacial score (nSPS) is 13.3. The van der Waals surface area contributed by atoms with Crippen LogP contribution in [0.15, 0.2) is 109 Å². The molecule has 6 aromatic carbocycles. The molecule has 2 nitrogen and oxygen atoms in total. The van der Waals surface area contributed by atoms with E-state index in [0.717, 1.165) is 0 Å². The van der Waals surface area contributed by atoms with Crippen molar-refractivity contribution in [2.24, 2.45) is 0 Å². The number of benzene rings is 6. The van der Waals surface area contributed by atoms with Crippen molar-refractivity contribution in [2.45, 2.75) is 60.8 Å². The molecule has 0 atom stereocenters. The molecule has 0 fully saturated rings. The highest BCUT2D eigenvalue weighted by Gasteiger charge is 2.36. The van der Waals surface area contributed by atoms with Crippen LogP contribution in [0.25, 0.3) is 38.6 Å². The van der Waals surface area contributed by atoms with Gasteiger partial charge in [0.15, 0.2) is 0 Å². The largest absolute Gasteiger partial charge is 0.310 e. The van der Waals surface area contributed by atoms with E-state index in [2.05, 4.69) is 174 Å². The first-order valence-electron chi connectivity index (χ1n) is 16.8. The van der Waals surface area contributed by atoms with Gasteiger partial charge < -0.3 is 9.47 Å². The van der Waals surface area contributed by atoms with Crippen molar-refractivity contribution in [1.82, 2.24) is 4.57 Å². The van der Waals surface area contributed by atoms with Crippen molar-refractivity contribution in [3.05, 3.63) is 154 Å². The lowest BCUT2D eigenvalue weighted by Gasteiger charge is -2.30. The van der Waals surface area contributed by atoms with Crippen LogP contribution in [0.1, 0.15) is 58.4 Å². The molecule has 8 rings (SSSR count). The summed E-state index contributed by atoms with van der Waals surface area (Å²) in [7, 11) is 0. The van der Waals surface area contributed by atoms with Gasteiger partial charge in [0, 0.05) is 38.9 Å². The van der Waals surface area contributed by atoms with Gasteiger partial charge in [0.05, 0.1) is 11.0 Å². The van der Waals surface area contributed by atoms with Crippen molar-refractivity contribution in [1.29, 1.82) is 0 Å². The minimum Gasteiger partial charge on any atom is -0.310 e. The topological polar surface area (TPSA) is 8.17 Å². The molecule has 0 amide bonds. The molecule has 1 aromatic heterocycles. The SMILES string of the molecule is Cc1ccc(N(c2ccc3c(c2)C(C)(C)c2cc(-n4c5cc(C)ccc5c5ccc(C)cc54)ccc2-3)c2ccc(C)cc2C)c(C)c1. The maximum absolute atomic E-state index is 2.47. The van der Waals surface area contributed by atoms with Crippen molar-refractivity contribution in [2.75, 3.05) is 4.90 Å². The Morgan fingerprint density at radius 2 is 0.936 bits per heavy atom. The van der Waals surface area contributed by atoms with E-state index in [-0.39, 0.29) is 5.41 Å². The van der Waals surface area contributed by atoms with Crippen LogP contribution >= 0.6 is 0 Å². The zero-order valence-corrected chi connectivity index (χ0v) is 28.8. The van der Waals surface area contributed by atoms with Crippen molar-refractivity contribution >= 4 is 38.9 Å². The van der Waals surface area contributed by atoms with Crippen LogP contribution in [-0.4, -0.2) is 4.57 Å². The first-order chi connectivity index (χ1) is 22.5. The number of rotatable bonds is 4. The molecule has 1 heterocycles. The van der Waals surface area contributed by atoms with E-state index in [1.807, 2.05) is 0 Å². The molecule has 1 aliphatic rings. The number of hydrogen-bond acceptors (Lipinski definition) is 1. The summed E-state index contributed by atoms with van der Waals surface area (Å²) < 4.78 is 2.47. The van der Waals surface area contributed by atoms with Crippen LogP contribution < -0.4 is 4.90 Å². The fraction of sp³-hybridized carbons (Fsp3) is 0.200. The summed E-state index contributed by atoms with van der Waals surface area (Å²) in [6.07, 6.45) is 0. The lowest BCUT2D eigenvalue weighted by atomic mass is 9.82. The summed E-state index contributed by atoms with van der Waals surface area (Å²) in [4.78, 5) is 2.46. The summed E-state index contributed by atoms with van der Waals surface area (Å²) >= 11 is 0. The van der Waals surface area contributed by atoms with E-state index in [1.54, 1.807) is 0 Å². The van der Waals surface area contributed by atoms with E-state index < -0.39 is 0 Å². The standard InChI is InChI=1S/C45H42N2/c1-27-11-19-41(31(5)21-27)46(42-20-12-28(2)22-32(42)6)33-13-17-35-36-18-14-34(26-40(36)45(7,8)39(35)25-33)47-43-23-29(3)9-15-37(43)38-16-10-30(4)24-44(38)47/h9-26H,1-8H3. The Labute approximate surface area is 278 Å². The third-order valence-electron chi connectivity index (χ3n) is 10.4. The molecular weight excluding hydrogens is 569 g/mol. The predicted octanol–water partition coefficient (Wildman–Crippen LogP) is 12.4. The predicted molar refractivity (Wildman–Crippen MR) is 201 cm³/mol. The first kappa shape index (κ1) is 29.3. The van der Waals surface area contributed by atoms with Gasteiger partial charge in [0.1, 0.15) is 0 Å². The Morgan fingerprint density at radius 3 is 1.47 bits per heavy atom. The zero-order chi connectivity index (χ0) is 32.8. The molecule has 232 valence electrons. The smallest absolute Gasteiger partial charge is 0.0543 e. The maximum atomic E-state index is 2.47. The van der Waals surface area contributed by atoms with Gasteiger partial charge in [-0.1, -0.05) is 85.6 Å². The minimum absolute atomic E-state index is 0.169. The Morgan fingerprint density at radius 1 is 0.468 bits per heavy atom. The summed E-state index contributed by atoms with van der Waals surface area (Å²) in [6.45, 7) is 18.0. The summed E-state index contributed by atoms with van der Waals surface area (Å²) in [5.41, 5.74) is 20.3. The van der Waals surface area contributed by atoms with Crippen LogP contribution in [0.2, 0.25) is 0 Å². The molecule has 0 saturated carbocycles. The molecule has 0 radical (unpaired) electrons. The van der Waals surface area contributed by atoms with Gasteiger partial charge >= 0.3 is 0 Å². The van der Waals surface area contributed by atoms with Crippen LogP contribution in [0.4, 0.5) is 17.1 Å². The second-order valence-electron chi connectivity index (χ2n) is 14.4. The molecular formula is C45H42N2. The number of hydrogen-bond donors (Lipinski definition) is 0. The molecule has 47 heavy (non-hydrogen) atoms. The molecule has 0 saturated heterocycles. The molecule has 0 spiro atoms. The molecule has 1 aliphatic carbocycles. The molecule has 2 heteroatoms. The monoisotopic (exact) mass is 610 g/mol. The number of aromatic nitrogens is 1. The molecule has 0 bridgehead atoms. The van der Waals surface area contributed by atoms with Gasteiger partial charge in [-0.2, -0.15) is 0 Å². The Hall–Kier alpha value is -5.08. The number of anilines is 3. The van der Waals surface area contributed by atoms with Gasteiger partial charge in [-0.3, -0.25) is 0 Å². The lowest BCUT2D eigenvalue weighted by Crippen LogP contribution is -2.17. The van der Waals surface area contributed by atoms with Crippen molar-refractivity contribution < 1.29 is 0 Å². The molecule has 0 aliphatic heterocycles. The third kappa shape index (κ3) is 4.53. The Kier molecular flexibility index (Phi) is 6.53. The first-order valence-corrected chi connectivity index (χ1v) is 16.8. The second-order valence-corrected chi connectivity index (χ2v) is 14.4. The number of aryl methyl sites for hydroxylation is 6. The van der Waals surface area contributed by atoms with Crippen LogP contribution in [-0.2, 0) is 5.41 Å². The molecule has 7 aromatic rings. The van der Waals surface area contributed by atoms with E-state index in [9.17, 15) is 0 Å². The average molecular weight is 611 g/mol. The van der Waals surface area contributed by atoms with Crippen LogP contribution in [0, 0.1) is 41.5 Å². The highest BCUT2D eigenvalue weighted by Crippen LogP contribution is 2.52. The van der Waals surface area contributed by atoms with Crippen LogP contribution in [0.3, 0.4) is 0 Å². The third-order valence-corrected chi connectivity index (χ3v) is 10.4. The summed E-state index contributed by atoms with van der Waals surface area (Å²) in [5.74, 6) is 0. The van der Waals surface area contributed by atoms with Gasteiger partial charge in [0.25, 0.3) is 0 Å². The second kappa shape index (κ2) is 10.5. The lowest BCUT2D eigenvalue weighted by molar-refractivity contribution is 0.660. The van der Waals surface area contributed by atoms with Crippen molar-refractivity contribution in [3.63, 3.8) is 0 Å². The molecule has 0 unspecified atom stereocenters. The fourth-order valence-electron chi connectivity index (χ4n) is 8.03. The van der Waals surface area contributed by atoms with Gasteiger partial charge in [-0.25, -0.2) is 0 Å². The van der Waals surface area contributed by atoms with E-state index in [4.69, 9.17) is 0 Å². The van der Waals surface area contributed by atoms with E-state index >= 15 is 0 Å². The summed E-state index contributed by atoms with van der Waals surface area (Å²) in [5, 5.41) is 2.60. The van der Waals surface area contributed by atoms with Gasteiger partial charge in [0.2, 0.25) is 0 Å². The minimum atomic E-state index is -0.169. The Bertz CT molecular complexity index is 2290. The van der Waals surface area contributed by atoms with Gasteiger partial charge in [-0.05, 0) is 135 Å². The highest BCUT2D eigenvalue weighted by molar-refractivity contribution is 6.09. The van der Waals surface area contributed by atoms with Crippen molar-refractivity contribution in [3.8, 4) is 16.8 Å². The van der Waals surface area contributed by atoms with E-state index in [0.29, 0.717) is 0 Å². The zero-order valence-electron chi connectivity index (χ0n) is 28.8. The van der Waals surface area contributed by atoms with E-state index in [1.165, 1.54) is 100 Å². The number of fused-ring (bicyclic) bond motifs is 6. The quantitative estimate of drug-likeness (QED) is 0.192. The highest BCUT2D eigenvalue weighted by atomic mass is 15.1. The number of nitrogens with zero attached hydrogens (tertiary/aromatic N) is 2. The van der Waals surface area contributed by atoms with Gasteiger partial charge in [-0.15, -0.1) is 0 Å². The maximum Gasteiger partial charge on any atom is 0.0543 e. The molecule has 0 N–H and O–H groups in total. The Balaban J connectivity index is 1.30. The van der Waals surface area contributed by atoms with Crippen LogP contribution in [0.5, 0.6) is 0 Å². The fourth-order valence-corrected chi connectivity index (χ4v) is 8.03.